The van der Waals surface area contributed by atoms with Crippen LogP contribution < -0.4 is 10.6 Å². The van der Waals surface area contributed by atoms with Crippen LogP contribution >= 0.6 is 24.0 Å². The predicted molar refractivity (Wildman–Crippen MR) is 122 cm³/mol. The maximum absolute atomic E-state index is 11.8. The lowest BCUT2D eigenvalue weighted by Gasteiger charge is -2.30. The van der Waals surface area contributed by atoms with Crippen LogP contribution in [0.4, 0.5) is 0 Å². The monoisotopic (exact) mass is 495 g/mol. The molecule has 1 aliphatic rings. The molecule has 0 bridgehead atoms. The standard InChI is InChI=1S/C19H37N5O2.HI/c1-6-20-19(21-11-8-13-23(15(2)3)16(4)5)22-12-14-24-17(25)9-7-10-18(24)26;/h15-16H,6-14H2,1-5H3,(H2,20,21,22);1H. The number of hydrogen-bond acceptors (Lipinski definition) is 4. The number of imide groups is 1. The number of piperidine rings is 1. The normalized spacial score (nSPS) is 15.6. The van der Waals surface area contributed by atoms with E-state index in [1.807, 2.05) is 6.92 Å². The van der Waals surface area contributed by atoms with Crippen LogP contribution in [-0.2, 0) is 9.59 Å². The van der Waals surface area contributed by atoms with Crippen LogP contribution in [0.1, 0.15) is 60.3 Å². The predicted octanol–water partition coefficient (Wildman–Crippen LogP) is 2.21. The summed E-state index contributed by atoms with van der Waals surface area (Å²) in [6, 6.07) is 1.06. The second-order valence-electron chi connectivity index (χ2n) is 7.26. The first-order valence-corrected chi connectivity index (χ1v) is 9.97. The molecule has 0 aromatic rings. The number of carbonyl (C=O) groups excluding carboxylic acids is 2. The fourth-order valence-corrected chi connectivity index (χ4v) is 3.23. The van der Waals surface area contributed by atoms with Gasteiger partial charge in [-0.25, -0.2) is 0 Å². The molecule has 8 heteroatoms. The molecule has 0 aromatic heterocycles. The molecule has 0 unspecified atom stereocenters. The van der Waals surface area contributed by atoms with Crippen molar-refractivity contribution in [1.29, 1.82) is 0 Å². The lowest BCUT2D eigenvalue weighted by Crippen LogP contribution is -2.46. The fourth-order valence-electron chi connectivity index (χ4n) is 3.23. The molecular weight excluding hydrogens is 457 g/mol. The molecule has 158 valence electrons. The summed E-state index contributed by atoms with van der Waals surface area (Å²) in [5.74, 6) is 0.616. The highest BCUT2D eigenvalue weighted by molar-refractivity contribution is 14.0. The van der Waals surface area contributed by atoms with Gasteiger partial charge in [0.2, 0.25) is 11.8 Å². The van der Waals surface area contributed by atoms with Crippen molar-refractivity contribution in [2.45, 2.75) is 72.4 Å². The van der Waals surface area contributed by atoms with E-state index >= 15 is 0 Å². The number of rotatable bonds is 10. The van der Waals surface area contributed by atoms with E-state index in [1.165, 1.54) is 4.90 Å². The Hall–Kier alpha value is -0.900. The molecule has 0 aliphatic carbocycles. The Balaban J connectivity index is 0.00000676. The molecular formula is C19H38IN5O2. The summed E-state index contributed by atoms with van der Waals surface area (Å²) in [6.07, 6.45) is 2.62. The van der Waals surface area contributed by atoms with E-state index in [9.17, 15) is 9.59 Å². The zero-order valence-corrected chi connectivity index (χ0v) is 19.9. The molecule has 1 rings (SSSR count). The third-order valence-corrected chi connectivity index (χ3v) is 4.53. The number of amides is 2. The van der Waals surface area contributed by atoms with Gasteiger partial charge in [0.15, 0.2) is 5.96 Å². The Bertz CT molecular complexity index is 459. The van der Waals surface area contributed by atoms with Crippen LogP contribution in [0.5, 0.6) is 0 Å². The van der Waals surface area contributed by atoms with Crippen LogP contribution in [-0.4, -0.2) is 72.4 Å². The molecule has 1 heterocycles. The molecule has 2 amide bonds. The van der Waals surface area contributed by atoms with Gasteiger partial charge < -0.3 is 10.6 Å². The summed E-state index contributed by atoms with van der Waals surface area (Å²) >= 11 is 0. The van der Waals surface area contributed by atoms with Gasteiger partial charge in [0.25, 0.3) is 0 Å². The average Bonchev–Trinajstić information content (AvgIpc) is 2.56. The quantitative estimate of drug-likeness (QED) is 0.160. The summed E-state index contributed by atoms with van der Waals surface area (Å²) in [4.78, 5) is 32.1. The Kier molecular flexibility index (Phi) is 13.7. The van der Waals surface area contributed by atoms with Crippen molar-refractivity contribution >= 4 is 41.8 Å². The van der Waals surface area contributed by atoms with Crippen molar-refractivity contribution in [3.05, 3.63) is 0 Å². The second-order valence-corrected chi connectivity index (χ2v) is 7.26. The molecule has 0 spiro atoms. The lowest BCUT2D eigenvalue weighted by atomic mass is 10.1. The highest BCUT2D eigenvalue weighted by Gasteiger charge is 2.25. The van der Waals surface area contributed by atoms with E-state index in [-0.39, 0.29) is 35.8 Å². The van der Waals surface area contributed by atoms with E-state index in [1.54, 1.807) is 0 Å². The zero-order valence-electron chi connectivity index (χ0n) is 17.6. The number of likely N-dealkylation sites (tertiary alicyclic amines) is 1. The van der Waals surface area contributed by atoms with E-state index in [0.717, 1.165) is 32.0 Å². The third kappa shape index (κ3) is 9.73. The van der Waals surface area contributed by atoms with Gasteiger partial charge >= 0.3 is 0 Å². The smallest absolute Gasteiger partial charge is 0.229 e. The molecule has 27 heavy (non-hydrogen) atoms. The number of carbonyl (C=O) groups is 2. The first-order valence-electron chi connectivity index (χ1n) is 9.97. The Morgan fingerprint density at radius 3 is 2.22 bits per heavy atom. The molecule has 0 saturated carbocycles. The van der Waals surface area contributed by atoms with E-state index in [4.69, 9.17) is 0 Å². The number of halogens is 1. The zero-order chi connectivity index (χ0) is 19.5. The molecule has 1 fully saturated rings. The van der Waals surface area contributed by atoms with Gasteiger partial charge in [-0.15, -0.1) is 24.0 Å². The lowest BCUT2D eigenvalue weighted by molar-refractivity contribution is -0.147. The number of nitrogens with one attached hydrogen (secondary N) is 2. The van der Waals surface area contributed by atoms with Crippen LogP contribution in [0.2, 0.25) is 0 Å². The first kappa shape index (κ1) is 26.1. The minimum Gasteiger partial charge on any atom is -0.357 e. The van der Waals surface area contributed by atoms with Crippen molar-refractivity contribution < 1.29 is 9.59 Å². The Labute approximate surface area is 181 Å². The second kappa shape index (κ2) is 14.1. The van der Waals surface area contributed by atoms with Gasteiger partial charge in [-0.1, -0.05) is 0 Å². The third-order valence-electron chi connectivity index (χ3n) is 4.53. The van der Waals surface area contributed by atoms with Gasteiger partial charge in [0.1, 0.15) is 0 Å². The van der Waals surface area contributed by atoms with Crippen molar-refractivity contribution in [2.24, 2.45) is 4.99 Å². The van der Waals surface area contributed by atoms with Crippen LogP contribution in [0.15, 0.2) is 4.99 Å². The van der Waals surface area contributed by atoms with E-state index < -0.39 is 0 Å². The van der Waals surface area contributed by atoms with E-state index in [2.05, 4.69) is 48.2 Å². The summed E-state index contributed by atoms with van der Waals surface area (Å²) in [6.45, 7) is 14.4. The highest BCUT2D eigenvalue weighted by atomic mass is 127. The van der Waals surface area contributed by atoms with Crippen LogP contribution in [0.25, 0.3) is 0 Å². The van der Waals surface area contributed by atoms with E-state index in [0.29, 0.717) is 44.4 Å². The summed E-state index contributed by atoms with van der Waals surface area (Å²) in [7, 11) is 0. The summed E-state index contributed by atoms with van der Waals surface area (Å²) < 4.78 is 0. The van der Waals surface area contributed by atoms with Gasteiger partial charge in [-0.2, -0.15) is 0 Å². The van der Waals surface area contributed by atoms with Crippen molar-refractivity contribution in [2.75, 3.05) is 32.7 Å². The summed E-state index contributed by atoms with van der Waals surface area (Å²) in [5.41, 5.74) is 0. The fraction of sp³-hybridized carbons (Fsp3) is 0.842. The number of hydrogen-bond donors (Lipinski definition) is 2. The number of guanidine groups is 1. The van der Waals surface area contributed by atoms with Gasteiger partial charge in [0, 0.05) is 57.6 Å². The number of aliphatic imine (C=N–C) groups is 1. The SMILES string of the molecule is CCNC(=NCCCN(C(C)C)C(C)C)NCCN1C(=O)CCCC1=O.I. The topological polar surface area (TPSA) is 77.0 Å². The molecule has 0 radical (unpaired) electrons. The van der Waals surface area contributed by atoms with Gasteiger partial charge in [-0.05, 0) is 47.5 Å². The Morgan fingerprint density at radius 2 is 1.70 bits per heavy atom. The largest absolute Gasteiger partial charge is 0.357 e. The minimum atomic E-state index is -0.0625. The molecule has 1 aliphatic heterocycles. The van der Waals surface area contributed by atoms with Crippen molar-refractivity contribution in [1.82, 2.24) is 20.4 Å². The number of nitrogens with zero attached hydrogens (tertiary/aromatic N) is 3. The van der Waals surface area contributed by atoms with Gasteiger partial charge in [0.05, 0.1) is 0 Å². The molecule has 0 atom stereocenters. The summed E-state index contributed by atoms with van der Waals surface area (Å²) in [5, 5.41) is 6.44. The molecule has 2 N–H and O–H groups in total. The molecule has 1 saturated heterocycles. The first-order chi connectivity index (χ1) is 12.4. The van der Waals surface area contributed by atoms with Crippen molar-refractivity contribution in [3.8, 4) is 0 Å². The molecule has 0 aromatic carbocycles. The van der Waals surface area contributed by atoms with Crippen LogP contribution in [0, 0.1) is 0 Å². The van der Waals surface area contributed by atoms with Crippen molar-refractivity contribution in [3.63, 3.8) is 0 Å². The van der Waals surface area contributed by atoms with Crippen LogP contribution in [0.3, 0.4) is 0 Å². The minimum absolute atomic E-state index is 0. The maximum Gasteiger partial charge on any atom is 0.229 e. The molecule has 7 nitrogen and oxygen atoms in total. The van der Waals surface area contributed by atoms with Gasteiger partial charge in [-0.3, -0.25) is 24.4 Å². The highest BCUT2D eigenvalue weighted by Crippen LogP contribution is 2.11. The Morgan fingerprint density at radius 1 is 1.11 bits per heavy atom. The maximum atomic E-state index is 11.8. The average molecular weight is 495 g/mol.